The van der Waals surface area contributed by atoms with E-state index in [1.807, 2.05) is 24.3 Å². The number of benzene rings is 3. The molecule has 194 valence electrons. The van der Waals surface area contributed by atoms with Crippen molar-refractivity contribution in [2.45, 2.75) is 6.61 Å². The fourth-order valence-corrected chi connectivity index (χ4v) is 4.46. The Hall–Kier alpha value is -3.96. The van der Waals surface area contributed by atoms with Gasteiger partial charge < -0.3 is 14.2 Å². The number of halogens is 2. The molecular weight excluding hydrogens is 624 g/mol. The lowest BCUT2D eigenvalue weighted by Gasteiger charge is -2.26. The molecular formula is C27H20Br2N2O7. The first-order valence-corrected chi connectivity index (χ1v) is 12.6. The predicted molar refractivity (Wildman–Crippen MR) is 146 cm³/mol. The average molecular weight is 644 g/mol. The molecule has 4 rings (SSSR count). The SMILES string of the molecule is COC(=O)c1ccc(N2C(=O)NC(=O)/C(=C\c3cc(Br)c(OCc4ccc(Br)cc4)c(OC)c3)C2=O)cc1. The second kappa shape index (κ2) is 11.6. The second-order valence-corrected chi connectivity index (χ2v) is 9.72. The molecule has 0 spiro atoms. The van der Waals surface area contributed by atoms with Gasteiger partial charge in [-0.1, -0.05) is 28.1 Å². The highest BCUT2D eigenvalue weighted by molar-refractivity contribution is 9.10. The molecule has 11 heteroatoms. The van der Waals surface area contributed by atoms with Crippen LogP contribution >= 0.6 is 31.9 Å². The summed E-state index contributed by atoms with van der Waals surface area (Å²) in [5.74, 6) is -1.41. The largest absolute Gasteiger partial charge is 0.493 e. The molecule has 0 aromatic heterocycles. The Labute approximate surface area is 234 Å². The molecule has 0 radical (unpaired) electrons. The van der Waals surface area contributed by atoms with Crippen LogP contribution in [0, 0.1) is 0 Å². The molecule has 0 bridgehead atoms. The number of methoxy groups -OCH3 is 2. The monoisotopic (exact) mass is 642 g/mol. The molecule has 4 amide bonds. The highest BCUT2D eigenvalue weighted by Gasteiger charge is 2.37. The van der Waals surface area contributed by atoms with Crippen molar-refractivity contribution in [1.29, 1.82) is 0 Å². The molecule has 1 aliphatic heterocycles. The minimum Gasteiger partial charge on any atom is -0.493 e. The first-order chi connectivity index (χ1) is 18.2. The zero-order chi connectivity index (χ0) is 27.4. The van der Waals surface area contributed by atoms with E-state index in [0.717, 1.165) is 14.9 Å². The quantitative estimate of drug-likeness (QED) is 0.213. The maximum atomic E-state index is 13.2. The van der Waals surface area contributed by atoms with Gasteiger partial charge in [0.2, 0.25) is 0 Å². The Morgan fingerprint density at radius 2 is 1.66 bits per heavy atom. The highest BCUT2D eigenvalue weighted by atomic mass is 79.9. The first kappa shape index (κ1) is 27.1. The van der Waals surface area contributed by atoms with Crippen LogP contribution in [0.3, 0.4) is 0 Å². The van der Waals surface area contributed by atoms with E-state index < -0.39 is 23.8 Å². The molecule has 0 atom stereocenters. The summed E-state index contributed by atoms with van der Waals surface area (Å²) in [5, 5.41) is 2.17. The van der Waals surface area contributed by atoms with E-state index in [9.17, 15) is 19.2 Å². The third-order valence-corrected chi connectivity index (χ3v) is 6.63. The van der Waals surface area contributed by atoms with Gasteiger partial charge in [-0.25, -0.2) is 14.5 Å². The predicted octanol–water partition coefficient (Wildman–Crippen LogP) is 5.25. The van der Waals surface area contributed by atoms with Gasteiger partial charge in [0, 0.05) is 4.47 Å². The Balaban J connectivity index is 1.61. The van der Waals surface area contributed by atoms with E-state index in [-0.39, 0.29) is 23.4 Å². The van der Waals surface area contributed by atoms with Gasteiger partial charge in [0.25, 0.3) is 11.8 Å². The molecule has 1 saturated heterocycles. The van der Waals surface area contributed by atoms with Gasteiger partial charge in [0.15, 0.2) is 11.5 Å². The third kappa shape index (κ3) is 5.79. The molecule has 3 aromatic rings. The van der Waals surface area contributed by atoms with Crippen LogP contribution in [0.25, 0.3) is 6.08 Å². The average Bonchev–Trinajstić information content (AvgIpc) is 2.91. The summed E-state index contributed by atoms with van der Waals surface area (Å²) in [7, 11) is 2.72. The Morgan fingerprint density at radius 3 is 2.29 bits per heavy atom. The zero-order valence-electron chi connectivity index (χ0n) is 20.1. The van der Waals surface area contributed by atoms with Crippen molar-refractivity contribution in [2.75, 3.05) is 19.1 Å². The normalized spacial score (nSPS) is 14.4. The van der Waals surface area contributed by atoms with E-state index in [2.05, 4.69) is 41.9 Å². The van der Waals surface area contributed by atoms with E-state index in [0.29, 0.717) is 21.5 Å². The van der Waals surface area contributed by atoms with Crippen molar-refractivity contribution in [3.63, 3.8) is 0 Å². The lowest BCUT2D eigenvalue weighted by molar-refractivity contribution is -0.122. The van der Waals surface area contributed by atoms with Gasteiger partial charge in [0.05, 0.1) is 29.9 Å². The van der Waals surface area contributed by atoms with Gasteiger partial charge >= 0.3 is 12.0 Å². The van der Waals surface area contributed by atoms with Crippen LogP contribution in [-0.4, -0.2) is 38.0 Å². The molecule has 38 heavy (non-hydrogen) atoms. The number of carbonyl (C=O) groups is 4. The number of rotatable bonds is 7. The fourth-order valence-electron chi connectivity index (χ4n) is 3.62. The van der Waals surface area contributed by atoms with Gasteiger partial charge in [-0.2, -0.15) is 0 Å². The summed E-state index contributed by atoms with van der Waals surface area (Å²) in [6, 6.07) is 15.7. The number of esters is 1. The van der Waals surface area contributed by atoms with Gasteiger partial charge in [-0.15, -0.1) is 0 Å². The number of ether oxygens (including phenoxy) is 3. The third-order valence-electron chi connectivity index (χ3n) is 5.51. The lowest BCUT2D eigenvalue weighted by atomic mass is 10.1. The van der Waals surface area contributed by atoms with Gasteiger partial charge in [-0.3, -0.25) is 14.9 Å². The molecule has 0 aliphatic carbocycles. The lowest BCUT2D eigenvalue weighted by Crippen LogP contribution is -2.54. The van der Waals surface area contributed by atoms with Gasteiger partial charge in [-0.05, 0) is 81.7 Å². The number of amides is 4. The number of hydrogen-bond donors (Lipinski definition) is 1. The Kier molecular flexibility index (Phi) is 8.28. The van der Waals surface area contributed by atoms with Crippen molar-refractivity contribution < 1.29 is 33.4 Å². The second-order valence-electron chi connectivity index (χ2n) is 7.95. The van der Waals surface area contributed by atoms with E-state index in [1.165, 1.54) is 44.6 Å². The minimum absolute atomic E-state index is 0.175. The van der Waals surface area contributed by atoms with Crippen LogP contribution in [0.1, 0.15) is 21.5 Å². The van der Waals surface area contributed by atoms with Crippen molar-refractivity contribution in [1.82, 2.24) is 5.32 Å². The molecule has 1 heterocycles. The van der Waals surface area contributed by atoms with Crippen molar-refractivity contribution >= 4 is 67.4 Å². The highest BCUT2D eigenvalue weighted by Crippen LogP contribution is 2.38. The Morgan fingerprint density at radius 1 is 0.974 bits per heavy atom. The molecule has 1 N–H and O–H groups in total. The van der Waals surface area contributed by atoms with Crippen molar-refractivity contribution in [3.8, 4) is 11.5 Å². The maximum Gasteiger partial charge on any atom is 0.337 e. The number of urea groups is 1. The van der Waals surface area contributed by atoms with E-state index >= 15 is 0 Å². The number of barbiturate groups is 1. The number of carbonyl (C=O) groups excluding carboxylic acids is 4. The number of hydrogen-bond acceptors (Lipinski definition) is 7. The molecule has 1 fully saturated rings. The number of nitrogens with one attached hydrogen (secondary N) is 1. The molecule has 0 unspecified atom stereocenters. The van der Waals surface area contributed by atoms with Crippen LogP contribution in [-0.2, 0) is 20.9 Å². The van der Waals surface area contributed by atoms with Gasteiger partial charge in [0.1, 0.15) is 12.2 Å². The first-order valence-electron chi connectivity index (χ1n) is 11.1. The fraction of sp³-hybridized carbons (Fsp3) is 0.111. The van der Waals surface area contributed by atoms with Crippen LogP contribution in [0.4, 0.5) is 10.5 Å². The molecule has 0 saturated carbocycles. The van der Waals surface area contributed by atoms with Crippen LogP contribution in [0.5, 0.6) is 11.5 Å². The number of nitrogens with zero attached hydrogens (tertiary/aromatic N) is 1. The molecule has 1 aliphatic rings. The molecule has 9 nitrogen and oxygen atoms in total. The van der Waals surface area contributed by atoms with Crippen molar-refractivity contribution in [3.05, 3.63) is 91.9 Å². The minimum atomic E-state index is -0.904. The summed E-state index contributed by atoms with van der Waals surface area (Å²) in [4.78, 5) is 50.8. The topological polar surface area (TPSA) is 111 Å². The number of anilines is 1. The van der Waals surface area contributed by atoms with Crippen LogP contribution in [0.2, 0.25) is 0 Å². The Bertz CT molecular complexity index is 1450. The van der Waals surface area contributed by atoms with E-state index in [4.69, 9.17) is 9.47 Å². The summed E-state index contributed by atoms with van der Waals surface area (Å²) < 4.78 is 17.6. The van der Waals surface area contributed by atoms with Crippen molar-refractivity contribution in [2.24, 2.45) is 0 Å². The van der Waals surface area contributed by atoms with Crippen LogP contribution < -0.4 is 19.7 Å². The summed E-state index contributed by atoms with van der Waals surface area (Å²) in [6.45, 7) is 0.287. The summed E-state index contributed by atoms with van der Waals surface area (Å²) in [5.41, 5.74) is 1.56. The summed E-state index contributed by atoms with van der Waals surface area (Å²) in [6.07, 6.45) is 1.35. The zero-order valence-corrected chi connectivity index (χ0v) is 23.3. The number of imide groups is 2. The summed E-state index contributed by atoms with van der Waals surface area (Å²) >= 11 is 6.87. The van der Waals surface area contributed by atoms with E-state index in [1.54, 1.807) is 12.1 Å². The maximum absolute atomic E-state index is 13.2. The molecule has 3 aromatic carbocycles. The van der Waals surface area contributed by atoms with Crippen LogP contribution in [0.15, 0.2) is 75.2 Å². The standard InChI is InChI=1S/C27H20Br2N2O7/c1-36-22-13-16(12-21(29)23(22)38-14-15-3-7-18(28)8-4-15)11-20-24(32)30-27(35)31(25(20)33)19-9-5-17(6-10-19)26(34)37-2/h3-13H,14H2,1-2H3,(H,30,32,35)/b20-11+. The smallest absolute Gasteiger partial charge is 0.337 e.